The molecular weight excluding hydrogens is 457 g/mol. The minimum Gasteiger partial charge on any atom is -0.385 e. The largest absolute Gasteiger partial charge is 0.385 e. The zero-order valence-electron chi connectivity index (χ0n) is 17.2. The zero-order chi connectivity index (χ0) is 18.8. The standard InChI is InChI=1S/C19H35N5O2.HI/c1-5-20-18(21-12-8-16-23-17(15(2)3)24-26-16)22-14-19(11-13-25-4)9-6-7-10-19;/h15H,5-14H2,1-4H3,(H2,20,21,22);1H. The molecule has 0 amide bonds. The Labute approximate surface area is 180 Å². The van der Waals surface area contributed by atoms with Gasteiger partial charge in [0.2, 0.25) is 5.89 Å². The lowest BCUT2D eigenvalue weighted by Gasteiger charge is -2.27. The summed E-state index contributed by atoms with van der Waals surface area (Å²) in [5.41, 5.74) is 0.303. The topological polar surface area (TPSA) is 84.6 Å². The third-order valence-electron chi connectivity index (χ3n) is 5.05. The predicted molar refractivity (Wildman–Crippen MR) is 119 cm³/mol. The molecule has 27 heavy (non-hydrogen) atoms. The molecule has 0 unspecified atom stereocenters. The highest BCUT2D eigenvalue weighted by molar-refractivity contribution is 14.0. The number of aliphatic imine (C=N–C) groups is 1. The van der Waals surface area contributed by atoms with E-state index in [9.17, 15) is 0 Å². The Bertz CT molecular complexity index is 556. The second-order valence-corrected chi connectivity index (χ2v) is 7.52. The summed E-state index contributed by atoms with van der Waals surface area (Å²) in [6, 6.07) is 0. The van der Waals surface area contributed by atoms with Crippen molar-refractivity contribution in [3.63, 3.8) is 0 Å². The molecule has 0 spiro atoms. The van der Waals surface area contributed by atoms with E-state index in [-0.39, 0.29) is 29.9 Å². The highest BCUT2D eigenvalue weighted by Crippen LogP contribution is 2.41. The number of guanidine groups is 1. The normalized spacial score (nSPS) is 16.4. The van der Waals surface area contributed by atoms with Crippen LogP contribution in [-0.4, -0.2) is 49.5 Å². The molecule has 2 N–H and O–H groups in total. The fraction of sp³-hybridized carbons (Fsp3) is 0.842. The molecule has 1 aromatic rings. The van der Waals surface area contributed by atoms with Crippen molar-refractivity contribution in [3.8, 4) is 0 Å². The molecule has 1 aliphatic rings. The van der Waals surface area contributed by atoms with Crippen molar-refractivity contribution in [1.29, 1.82) is 0 Å². The number of hydrogen-bond acceptors (Lipinski definition) is 5. The maximum absolute atomic E-state index is 5.31. The number of rotatable bonds is 10. The molecule has 0 aromatic carbocycles. The highest BCUT2D eigenvalue weighted by atomic mass is 127. The molecule has 7 nitrogen and oxygen atoms in total. The molecule has 1 saturated carbocycles. The minimum atomic E-state index is 0. The van der Waals surface area contributed by atoms with Crippen LogP contribution in [-0.2, 0) is 11.2 Å². The van der Waals surface area contributed by atoms with E-state index in [0.29, 0.717) is 17.7 Å². The SMILES string of the molecule is CCNC(=NCC1(CCOC)CCCC1)NCCc1nc(C(C)C)no1.I. The summed E-state index contributed by atoms with van der Waals surface area (Å²) >= 11 is 0. The molecule has 8 heteroatoms. The lowest BCUT2D eigenvalue weighted by molar-refractivity contribution is 0.141. The van der Waals surface area contributed by atoms with Crippen LogP contribution in [0.15, 0.2) is 9.52 Å². The first-order valence-corrected chi connectivity index (χ1v) is 9.92. The van der Waals surface area contributed by atoms with Gasteiger partial charge in [-0.1, -0.05) is 31.8 Å². The Morgan fingerprint density at radius 3 is 2.63 bits per heavy atom. The molecule has 156 valence electrons. The van der Waals surface area contributed by atoms with E-state index >= 15 is 0 Å². The van der Waals surface area contributed by atoms with Crippen molar-refractivity contribution < 1.29 is 9.26 Å². The van der Waals surface area contributed by atoms with Crippen LogP contribution in [0.1, 0.15) is 70.5 Å². The summed E-state index contributed by atoms with van der Waals surface area (Å²) in [6.07, 6.45) is 6.89. The molecule has 0 radical (unpaired) electrons. The second-order valence-electron chi connectivity index (χ2n) is 7.52. The van der Waals surface area contributed by atoms with Crippen LogP contribution < -0.4 is 10.6 Å². The number of hydrogen-bond donors (Lipinski definition) is 2. The van der Waals surface area contributed by atoms with E-state index < -0.39 is 0 Å². The van der Waals surface area contributed by atoms with Gasteiger partial charge in [0, 0.05) is 45.7 Å². The van der Waals surface area contributed by atoms with Crippen molar-refractivity contribution in [1.82, 2.24) is 20.8 Å². The van der Waals surface area contributed by atoms with Gasteiger partial charge in [-0.25, -0.2) is 0 Å². The van der Waals surface area contributed by atoms with Gasteiger partial charge in [0.1, 0.15) is 0 Å². The second kappa shape index (κ2) is 12.5. The fourth-order valence-electron chi connectivity index (χ4n) is 3.41. The molecule has 0 atom stereocenters. The first-order chi connectivity index (χ1) is 12.6. The molecule has 1 heterocycles. The summed E-state index contributed by atoms with van der Waals surface area (Å²) < 4.78 is 10.6. The Morgan fingerprint density at radius 2 is 2.04 bits per heavy atom. The van der Waals surface area contributed by atoms with Crippen molar-refractivity contribution in [2.45, 2.75) is 65.2 Å². The van der Waals surface area contributed by atoms with Crippen LogP contribution in [0.3, 0.4) is 0 Å². The third-order valence-corrected chi connectivity index (χ3v) is 5.05. The summed E-state index contributed by atoms with van der Waals surface area (Å²) in [6.45, 7) is 9.43. The molecule has 0 bridgehead atoms. The summed E-state index contributed by atoms with van der Waals surface area (Å²) in [5.74, 6) is 2.58. The molecule has 0 aliphatic heterocycles. The zero-order valence-corrected chi connectivity index (χ0v) is 19.5. The van der Waals surface area contributed by atoms with Gasteiger partial charge in [0.05, 0.1) is 0 Å². The van der Waals surface area contributed by atoms with Gasteiger partial charge in [-0.05, 0) is 31.6 Å². The molecule has 1 aromatic heterocycles. The minimum absolute atomic E-state index is 0. The highest BCUT2D eigenvalue weighted by Gasteiger charge is 2.33. The van der Waals surface area contributed by atoms with E-state index in [1.165, 1.54) is 25.7 Å². The maximum Gasteiger partial charge on any atom is 0.228 e. The average molecular weight is 493 g/mol. The predicted octanol–water partition coefficient (Wildman–Crippen LogP) is 3.51. The molecule has 2 rings (SSSR count). The van der Waals surface area contributed by atoms with Gasteiger partial charge in [-0.2, -0.15) is 4.98 Å². The van der Waals surface area contributed by atoms with E-state index in [1.807, 2.05) is 0 Å². The maximum atomic E-state index is 5.31. The lowest BCUT2D eigenvalue weighted by atomic mass is 9.83. The number of methoxy groups -OCH3 is 1. The van der Waals surface area contributed by atoms with Gasteiger partial charge in [-0.15, -0.1) is 24.0 Å². The molecule has 0 saturated heterocycles. The Kier molecular flexibility index (Phi) is 11.2. The quantitative estimate of drug-likeness (QED) is 0.295. The van der Waals surface area contributed by atoms with Gasteiger partial charge in [-0.3, -0.25) is 4.99 Å². The van der Waals surface area contributed by atoms with Gasteiger partial charge in [0.15, 0.2) is 11.8 Å². The molecule has 1 aliphatic carbocycles. The van der Waals surface area contributed by atoms with E-state index in [4.69, 9.17) is 14.3 Å². The van der Waals surface area contributed by atoms with Gasteiger partial charge < -0.3 is 19.9 Å². The number of nitrogens with one attached hydrogen (secondary N) is 2. The van der Waals surface area contributed by atoms with E-state index in [0.717, 1.165) is 44.4 Å². The first kappa shape index (κ1) is 24.1. The average Bonchev–Trinajstić information content (AvgIpc) is 3.28. The van der Waals surface area contributed by atoms with Crippen LogP contribution >= 0.6 is 24.0 Å². The smallest absolute Gasteiger partial charge is 0.228 e. The summed E-state index contributed by atoms with van der Waals surface area (Å²) in [5, 5.41) is 10.7. The Morgan fingerprint density at radius 1 is 1.30 bits per heavy atom. The van der Waals surface area contributed by atoms with Crippen LogP contribution in [0.5, 0.6) is 0 Å². The number of halogens is 1. The van der Waals surface area contributed by atoms with Crippen molar-refractivity contribution in [2.75, 3.05) is 33.4 Å². The molecule has 1 fully saturated rings. The third kappa shape index (κ3) is 7.93. The van der Waals surface area contributed by atoms with E-state index in [1.54, 1.807) is 7.11 Å². The van der Waals surface area contributed by atoms with Gasteiger partial charge in [0.25, 0.3) is 0 Å². The monoisotopic (exact) mass is 493 g/mol. The van der Waals surface area contributed by atoms with Crippen LogP contribution in [0.4, 0.5) is 0 Å². The molecular formula is C19H36IN5O2. The van der Waals surface area contributed by atoms with Crippen LogP contribution in [0, 0.1) is 5.41 Å². The summed E-state index contributed by atoms with van der Waals surface area (Å²) in [4.78, 5) is 9.27. The summed E-state index contributed by atoms with van der Waals surface area (Å²) in [7, 11) is 1.78. The Balaban J connectivity index is 0.00000364. The lowest BCUT2D eigenvalue weighted by Crippen LogP contribution is -2.39. The fourth-order valence-corrected chi connectivity index (χ4v) is 3.41. The first-order valence-electron chi connectivity index (χ1n) is 9.92. The number of nitrogens with zero attached hydrogens (tertiary/aromatic N) is 3. The van der Waals surface area contributed by atoms with Crippen LogP contribution in [0.2, 0.25) is 0 Å². The van der Waals surface area contributed by atoms with E-state index in [2.05, 4.69) is 41.5 Å². The van der Waals surface area contributed by atoms with Crippen molar-refractivity contribution >= 4 is 29.9 Å². The van der Waals surface area contributed by atoms with Crippen molar-refractivity contribution in [3.05, 3.63) is 11.7 Å². The number of ether oxygens (including phenoxy) is 1. The number of aromatic nitrogens is 2. The van der Waals surface area contributed by atoms with Crippen molar-refractivity contribution in [2.24, 2.45) is 10.4 Å². The van der Waals surface area contributed by atoms with Crippen LogP contribution in [0.25, 0.3) is 0 Å². The Hall–Kier alpha value is -0.900. The van der Waals surface area contributed by atoms with Gasteiger partial charge >= 0.3 is 0 Å².